The van der Waals surface area contributed by atoms with E-state index in [1.54, 1.807) is 39.0 Å². The zero-order valence-corrected chi connectivity index (χ0v) is 24.4. The number of pyridine rings is 1. The highest BCUT2D eigenvalue weighted by Crippen LogP contribution is 2.35. The highest BCUT2D eigenvalue weighted by Gasteiger charge is 2.29. The molecule has 6 nitrogen and oxygen atoms in total. The van der Waals surface area contributed by atoms with Gasteiger partial charge in [-0.2, -0.15) is 0 Å². The zero-order valence-electron chi connectivity index (χ0n) is 21.9. The van der Waals surface area contributed by atoms with E-state index in [-0.39, 0.29) is 23.4 Å². The van der Waals surface area contributed by atoms with Crippen LogP contribution in [0.25, 0.3) is 10.8 Å². The lowest BCUT2D eigenvalue weighted by Gasteiger charge is -2.24. The zero-order chi connectivity index (χ0) is 28.5. The smallest absolute Gasteiger partial charge is 0.408 e. The molecule has 0 saturated heterocycles. The number of benzene rings is 2. The van der Waals surface area contributed by atoms with E-state index >= 15 is 0 Å². The predicted molar refractivity (Wildman–Crippen MR) is 147 cm³/mol. The molecule has 1 atom stereocenters. The van der Waals surface area contributed by atoms with E-state index in [1.165, 1.54) is 13.8 Å². The Morgan fingerprint density at radius 2 is 1.66 bits per heavy atom. The Balaban J connectivity index is 2.21. The van der Waals surface area contributed by atoms with E-state index in [4.69, 9.17) is 4.74 Å². The summed E-state index contributed by atoms with van der Waals surface area (Å²) in [6.07, 6.45) is -0.790. The van der Waals surface area contributed by atoms with E-state index in [9.17, 15) is 22.0 Å². The molecule has 0 aliphatic rings. The normalized spacial score (nSPS) is 13.0. The highest BCUT2D eigenvalue weighted by molar-refractivity contribution is 9.10. The second kappa shape index (κ2) is 11.0. The van der Waals surface area contributed by atoms with Gasteiger partial charge in [-0.25, -0.2) is 27.0 Å². The third-order valence-electron chi connectivity index (χ3n) is 5.66. The summed E-state index contributed by atoms with van der Waals surface area (Å²) in [7, 11) is -3.50. The van der Waals surface area contributed by atoms with E-state index in [1.807, 2.05) is 6.07 Å². The monoisotopic (exact) mass is 606 g/mol. The molecular weight excluding hydrogens is 578 g/mol. The van der Waals surface area contributed by atoms with Gasteiger partial charge < -0.3 is 10.1 Å². The second-order valence-electron chi connectivity index (χ2n) is 10.5. The Morgan fingerprint density at radius 3 is 2.21 bits per heavy atom. The molecule has 0 aliphatic carbocycles. The number of ether oxygens (including phenoxy) is 1. The molecule has 1 N–H and O–H groups in total. The Morgan fingerprint density at radius 1 is 1.08 bits per heavy atom. The molecule has 0 spiro atoms. The first-order chi connectivity index (χ1) is 17.5. The van der Waals surface area contributed by atoms with Crippen LogP contribution in [0.2, 0.25) is 0 Å². The second-order valence-corrected chi connectivity index (χ2v) is 13.8. The number of sulfone groups is 1. The van der Waals surface area contributed by atoms with Crippen molar-refractivity contribution in [2.75, 3.05) is 6.26 Å². The molecule has 0 fully saturated rings. The number of hydrogen-bond acceptors (Lipinski definition) is 5. The van der Waals surface area contributed by atoms with Crippen LogP contribution in [0.5, 0.6) is 0 Å². The molecule has 0 bridgehead atoms. The van der Waals surface area contributed by atoms with E-state index < -0.39 is 44.0 Å². The topological polar surface area (TPSA) is 85.4 Å². The molecule has 38 heavy (non-hydrogen) atoms. The van der Waals surface area contributed by atoms with Crippen molar-refractivity contribution in [1.82, 2.24) is 10.3 Å². The van der Waals surface area contributed by atoms with Crippen LogP contribution in [-0.2, 0) is 21.0 Å². The Bertz CT molecular complexity index is 1530. The number of hydrogen-bond donors (Lipinski definition) is 1. The molecule has 1 heterocycles. The molecule has 0 radical (unpaired) electrons. The van der Waals surface area contributed by atoms with Crippen molar-refractivity contribution in [2.24, 2.45) is 0 Å². The van der Waals surface area contributed by atoms with Gasteiger partial charge in [0.2, 0.25) is 0 Å². The van der Waals surface area contributed by atoms with Gasteiger partial charge in [-0.05, 0) is 74.2 Å². The van der Waals surface area contributed by atoms with Gasteiger partial charge in [0.15, 0.2) is 15.9 Å². The Hall–Kier alpha value is -3.03. The lowest BCUT2D eigenvalue weighted by atomic mass is 10.0. The number of nitrogens with zero attached hydrogens (tertiary/aromatic N) is 1. The molecule has 1 aromatic heterocycles. The van der Waals surface area contributed by atoms with Gasteiger partial charge in [-0.15, -0.1) is 0 Å². The molecular formula is C28H29BrF2N2O4S. The number of rotatable bonds is 5. The molecule has 0 saturated carbocycles. The number of nitrogens with one attached hydrogen (secondary N) is 1. The fourth-order valence-corrected chi connectivity index (χ4v) is 4.39. The minimum Gasteiger partial charge on any atom is -0.439 e. The summed E-state index contributed by atoms with van der Waals surface area (Å²) in [6.45, 7) is 8.35. The van der Waals surface area contributed by atoms with Crippen molar-refractivity contribution in [1.29, 1.82) is 0 Å². The van der Waals surface area contributed by atoms with Crippen molar-refractivity contribution < 1.29 is 26.7 Å². The molecule has 3 rings (SSSR count). The quantitative estimate of drug-likeness (QED) is 0.347. The minimum atomic E-state index is -3.50. The molecule has 3 aromatic rings. The first kappa shape index (κ1) is 29.5. The molecule has 1 amide bonds. The Kier molecular flexibility index (Phi) is 8.54. The third-order valence-corrected chi connectivity index (χ3v) is 8.45. The number of fused-ring (bicyclic) bond motifs is 1. The number of alkyl carbamates (subject to hydrolysis) is 1. The van der Waals surface area contributed by atoms with Gasteiger partial charge in [0, 0.05) is 35.1 Å². The molecule has 202 valence electrons. The summed E-state index contributed by atoms with van der Waals surface area (Å²) in [5.74, 6) is 4.16. The van der Waals surface area contributed by atoms with Gasteiger partial charge in [-0.3, -0.25) is 0 Å². The lowest BCUT2D eigenvalue weighted by molar-refractivity contribution is 0.0885. The van der Waals surface area contributed by atoms with E-state index in [0.717, 1.165) is 24.5 Å². The minimum absolute atomic E-state index is 0.0854. The van der Waals surface area contributed by atoms with Crippen LogP contribution in [0.3, 0.4) is 0 Å². The Labute approximate surface area is 230 Å². The van der Waals surface area contributed by atoms with Crippen LogP contribution in [0.4, 0.5) is 13.6 Å². The van der Waals surface area contributed by atoms with Crippen LogP contribution in [0, 0.1) is 23.5 Å². The fraction of sp³-hybridized carbons (Fsp3) is 0.357. The van der Waals surface area contributed by atoms with Gasteiger partial charge in [0.05, 0.1) is 10.2 Å². The van der Waals surface area contributed by atoms with Crippen molar-refractivity contribution in [2.45, 2.75) is 57.4 Å². The standard InChI is InChI=1S/C28H29BrF2N2O4S/c1-27(2,3)33-26(34)37-23(15-17-13-18(30)16-19(31)14-17)25-24(29)21-10-8-7-9-20(21)22(32-25)11-12-28(4,5)38(6,35)36/h7-10,13-14,16,23H,15H2,1-6H3,(H,33,34)/t23-/m0/s1. The van der Waals surface area contributed by atoms with Crippen molar-refractivity contribution >= 4 is 42.6 Å². The maximum absolute atomic E-state index is 14.0. The lowest BCUT2D eigenvalue weighted by Crippen LogP contribution is -2.41. The van der Waals surface area contributed by atoms with E-state index in [2.05, 4.69) is 38.1 Å². The average molecular weight is 608 g/mol. The molecule has 10 heteroatoms. The summed E-state index contributed by atoms with van der Waals surface area (Å²) in [5, 5.41) is 4.05. The summed E-state index contributed by atoms with van der Waals surface area (Å²) in [6, 6.07) is 10.3. The predicted octanol–water partition coefficient (Wildman–Crippen LogP) is 6.26. The largest absolute Gasteiger partial charge is 0.439 e. The summed E-state index contributed by atoms with van der Waals surface area (Å²) >= 11 is 3.57. The SMILES string of the molecule is CC(C)(C)NC(=O)O[C@@H](Cc1cc(F)cc(F)c1)c1nc(C#CC(C)(C)S(C)(=O)=O)c2ccccc2c1Br. The molecule has 0 unspecified atom stereocenters. The van der Waals surface area contributed by atoms with E-state index in [0.29, 0.717) is 15.2 Å². The van der Waals surface area contributed by atoms with Crippen LogP contribution in [-0.4, -0.2) is 36.0 Å². The summed E-state index contributed by atoms with van der Waals surface area (Å²) < 4.78 is 57.3. The summed E-state index contributed by atoms with van der Waals surface area (Å²) in [5.41, 5.74) is 0.183. The molecule has 2 aromatic carbocycles. The van der Waals surface area contributed by atoms with Gasteiger partial charge >= 0.3 is 6.09 Å². The van der Waals surface area contributed by atoms with Crippen molar-refractivity contribution in [3.8, 4) is 11.8 Å². The molecule has 0 aliphatic heterocycles. The summed E-state index contributed by atoms with van der Waals surface area (Å²) in [4.78, 5) is 17.4. The maximum atomic E-state index is 14.0. The third kappa shape index (κ3) is 7.29. The fourth-order valence-electron chi connectivity index (χ4n) is 3.46. The van der Waals surface area contributed by atoms with Gasteiger partial charge in [0.1, 0.15) is 22.1 Å². The van der Waals surface area contributed by atoms with Crippen LogP contribution in [0.1, 0.15) is 57.7 Å². The van der Waals surface area contributed by atoms with Crippen LogP contribution < -0.4 is 5.32 Å². The number of amides is 1. The van der Waals surface area contributed by atoms with Crippen molar-refractivity contribution in [3.63, 3.8) is 0 Å². The average Bonchev–Trinajstić information content (AvgIpc) is 2.75. The van der Waals surface area contributed by atoms with Gasteiger partial charge in [-0.1, -0.05) is 30.2 Å². The van der Waals surface area contributed by atoms with Crippen LogP contribution >= 0.6 is 15.9 Å². The maximum Gasteiger partial charge on any atom is 0.408 e. The number of carbonyl (C=O) groups excluding carboxylic acids is 1. The first-order valence-electron chi connectivity index (χ1n) is 11.7. The number of aromatic nitrogens is 1. The van der Waals surface area contributed by atoms with Crippen molar-refractivity contribution in [3.05, 3.63) is 75.5 Å². The van der Waals surface area contributed by atoms with Crippen LogP contribution in [0.15, 0.2) is 46.9 Å². The number of halogens is 3. The first-order valence-corrected chi connectivity index (χ1v) is 14.4. The highest BCUT2D eigenvalue weighted by atomic mass is 79.9. The number of carbonyl (C=O) groups is 1. The van der Waals surface area contributed by atoms with Gasteiger partial charge in [0.25, 0.3) is 0 Å².